The first-order valence-corrected chi connectivity index (χ1v) is 13.6. The number of nitrogens with one attached hydrogen (secondary N) is 1. The number of carbonyl (C=O) groups excluding carboxylic acids is 1. The molecule has 1 aromatic carbocycles. The van der Waals surface area contributed by atoms with Crippen LogP contribution in [0.5, 0.6) is 0 Å². The summed E-state index contributed by atoms with van der Waals surface area (Å²) in [6.07, 6.45) is 7.50. The third-order valence-electron chi connectivity index (χ3n) is 7.01. The number of hydrogen-bond donors (Lipinski definition) is 1. The molecule has 2 fully saturated rings. The highest BCUT2D eigenvalue weighted by Crippen LogP contribution is 2.28. The van der Waals surface area contributed by atoms with Crippen molar-refractivity contribution in [2.45, 2.75) is 81.8 Å². The minimum atomic E-state index is -3.81. The molecule has 1 saturated carbocycles. The molecule has 1 amide bonds. The Morgan fingerprint density at radius 1 is 1.18 bits per heavy atom. The number of carbonyl (C=O) groups is 1. The fraction of sp³-hybridized carbons (Fsp3) is 0.696. The lowest BCUT2D eigenvalue weighted by Crippen LogP contribution is -2.47. The Kier molecular flexibility index (Phi) is 7.35. The largest absolute Gasteiger partial charge is 0.353 e. The Bertz CT molecular complexity index is 1080. The molecule has 0 spiro atoms. The van der Waals surface area contributed by atoms with Gasteiger partial charge in [-0.2, -0.15) is 4.31 Å². The van der Waals surface area contributed by atoms with Crippen molar-refractivity contribution in [3.8, 4) is 0 Å². The van der Waals surface area contributed by atoms with E-state index in [9.17, 15) is 13.2 Å². The van der Waals surface area contributed by atoms with Gasteiger partial charge in [-0.25, -0.2) is 13.1 Å². The van der Waals surface area contributed by atoms with Crippen LogP contribution in [-0.4, -0.2) is 77.3 Å². The molecule has 0 bridgehead atoms. The van der Waals surface area contributed by atoms with Crippen LogP contribution in [0.25, 0.3) is 11.0 Å². The summed E-state index contributed by atoms with van der Waals surface area (Å²) >= 11 is 0. The molecular formula is C23H36N6O3S. The van der Waals surface area contributed by atoms with Crippen LogP contribution in [0.3, 0.4) is 0 Å². The average molecular weight is 477 g/mol. The van der Waals surface area contributed by atoms with Crippen molar-refractivity contribution in [2.24, 2.45) is 0 Å². The molecule has 1 aromatic heterocycles. The van der Waals surface area contributed by atoms with E-state index in [1.807, 2.05) is 13.8 Å². The highest BCUT2D eigenvalue weighted by molar-refractivity contribution is 7.89. The fourth-order valence-electron chi connectivity index (χ4n) is 5.07. The number of hydrogen-bond acceptors (Lipinski definition) is 6. The van der Waals surface area contributed by atoms with E-state index in [1.165, 1.54) is 36.4 Å². The molecule has 10 heteroatoms. The lowest BCUT2D eigenvalue weighted by molar-refractivity contribution is -0.124. The standard InChI is InChI=1S/C23H36N6O3S/c1-17(2)29-21-12-11-19(16-20(21)25-26-29)33(31,32)28-14-7-10-22(28)23(30)24-13-15-27(3)18-8-5-4-6-9-18/h11-12,16-18,22H,4-10,13-15H2,1-3H3,(H,24,30). The van der Waals surface area contributed by atoms with Crippen LogP contribution in [0.2, 0.25) is 0 Å². The van der Waals surface area contributed by atoms with E-state index in [1.54, 1.807) is 22.9 Å². The van der Waals surface area contributed by atoms with Crippen molar-refractivity contribution in [3.05, 3.63) is 18.2 Å². The molecule has 1 aliphatic carbocycles. The predicted molar refractivity (Wildman–Crippen MR) is 127 cm³/mol. The van der Waals surface area contributed by atoms with Crippen molar-refractivity contribution in [1.82, 2.24) is 29.5 Å². The first-order valence-electron chi connectivity index (χ1n) is 12.1. The summed E-state index contributed by atoms with van der Waals surface area (Å²) < 4.78 is 29.9. The Labute approximate surface area is 196 Å². The van der Waals surface area contributed by atoms with Crippen molar-refractivity contribution in [2.75, 3.05) is 26.7 Å². The molecule has 1 atom stereocenters. The van der Waals surface area contributed by atoms with E-state index in [2.05, 4.69) is 27.6 Å². The lowest BCUT2D eigenvalue weighted by Gasteiger charge is -2.31. The molecule has 1 N–H and O–H groups in total. The molecule has 0 radical (unpaired) electrons. The number of sulfonamides is 1. The number of amides is 1. The monoisotopic (exact) mass is 476 g/mol. The zero-order chi connectivity index (χ0) is 23.6. The van der Waals surface area contributed by atoms with Gasteiger partial charge in [-0.3, -0.25) is 4.79 Å². The number of likely N-dealkylation sites (N-methyl/N-ethyl adjacent to an activating group) is 1. The second-order valence-corrected chi connectivity index (χ2v) is 11.5. The van der Waals surface area contributed by atoms with E-state index in [4.69, 9.17) is 0 Å². The van der Waals surface area contributed by atoms with Gasteiger partial charge in [0.1, 0.15) is 11.6 Å². The maximum Gasteiger partial charge on any atom is 0.243 e. The molecule has 2 aromatic rings. The van der Waals surface area contributed by atoms with Crippen LogP contribution < -0.4 is 5.32 Å². The van der Waals surface area contributed by atoms with E-state index in [0.29, 0.717) is 37.5 Å². The molecule has 9 nitrogen and oxygen atoms in total. The molecular weight excluding hydrogens is 440 g/mol. The second kappa shape index (κ2) is 10.1. The SMILES string of the molecule is CC(C)n1nnc2cc(S(=O)(=O)N3CCCC3C(=O)NCCN(C)C3CCCCC3)ccc21. The van der Waals surface area contributed by atoms with Crippen LogP contribution in [-0.2, 0) is 14.8 Å². The smallest absolute Gasteiger partial charge is 0.243 e. The van der Waals surface area contributed by atoms with E-state index in [0.717, 1.165) is 12.1 Å². The first kappa shape index (κ1) is 24.1. The van der Waals surface area contributed by atoms with Gasteiger partial charge in [-0.05, 0) is 64.8 Å². The fourth-order valence-corrected chi connectivity index (χ4v) is 6.74. The topological polar surface area (TPSA) is 100 Å². The van der Waals surface area contributed by atoms with Crippen LogP contribution in [0.4, 0.5) is 0 Å². The minimum absolute atomic E-state index is 0.126. The van der Waals surface area contributed by atoms with Gasteiger partial charge in [-0.15, -0.1) is 5.10 Å². The number of fused-ring (bicyclic) bond motifs is 1. The highest BCUT2D eigenvalue weighted by atomic mass is 32.2. The number of rotatable bonds is 8. The second-order valence-electron chi connectivity index (χ2n) is 9.62. The zero-order valence-electron chi connectivity index (χ0n) is 19.9. The molecule has 1 unspecified atom stereocenters. The summed E-state index contributed by atoms with van der Waals surface area (Å²) in [6, 6.07) is 4.94. The molecule has 2 heterocycles. The van der Waals surface area contributed by atoms with Crippen LogP contribution in [0, 0.1) is 0 Å². The van der Waals surface area contributed by atoms with Crippen LogP contribution in [0.15, 0.2) is 23.1 Å². The minimum Gasteiger partial charge on any atom is -0.353 e. The highest BCUT2D eigenvalue weighted by Gasteiger charge is 2.39. The summed E-state index contributed by atoms with van der Waals surface area (Å²) in [5.74, 6) is -0.208. The summed E-state index contributed by atoms with van der Waals surface area (Å²) in [5, 5.41) is 11.2. The Morgan fingerprint density at radius 3 is 2.67 bits per heavy atom. The van der Waals surface area contributed by atoms with Crippen molar-refractivity contribution >= 4 is 27.0 Å². The Morgan fingerprint density at radius 2 is 1.94 bits per heavy atom. The van der Waals surface area contributed by atoms with Gasteiger partial charge in [0.15, 0.2) is 0 Å². The molecule has 1 aliphatic heterocycles. The van der Waals surface area contributed by atoms with Gasteiger partial charge < -0.3 is 10.2 Å². The van der Waals surface area contributed by atoms with Gasteiger partial charge in [0.25, 0.3) is 0 Å². The predicted octanol–water partition coefficient (Wildman–Crippen LogP) is 2.55. The van der Waals surface area contributed by atoms with Gasteiger partial charge in [0.05, 0.1) is 10.4 Å². The first-order chi connectivity index (χ1) is 15.8. The van der Waals surface area contributed by atoms with Crippen molar-refractivity contribution in [1.29, 1.82) is 0 Å². The normalized spacial score (nSPS) is 20.8. The van der Waals surface area contributed by atoms with Crippen molar-refractivity contribution in [3.63, 3.8) is 0 Å². The summed E-state index contributed by atoms with van der Waals surface area (Å²) in [7, 11) is -1.70. The molecule has 4 rings (SSSR count). The lowest BCUT2D eigenvalue weighted by atomic mass is 9.94. The van der Waals surface area contributed by atoms with Crippen LogP contribution in [0.1, 0.15) is 64.8 Å². The molecule has 2 aliphatic rings. The maximum atomic E-state index is 13.4. The summed E-state index contributed by atoms with van der Waals surface area (Å²) in [5.41, 5.74) is 1.33. The van der Waals surface area contributed by atoms with Gasteiger partial charge in [0.2, 0.25) is 15.9 Å². The van der Waals surface area contributed by atoms with Gasteiger partial charge in [0, 0.05) is 31.7 Å². The van der Waals surface area contributed by atoms with E-state index >= 15 is 0 Å². The summed E-state index contributed by atoms with van der Waals surface area (Å²) in [4.78, 5) is 15.4. The molecule has 1 saturated heterocycles. The van der Waals surface area contributed by atoms with E-state index in [-0.39, 0.29) is 16.8 Å². The van der Waals surface area contributed by atoms with E-state index < -0.39 is 16.1 Å². The number of benzene rings is 1. The van der Waals surface area contributed by atoms with Crippen molar-refractivity contribution < 1.29 is 13.2 Å². The Balaban J connectivity index is 1.41. The molecule has 33 heavy (non-hydrogen) atoms. The summed E-state index contributed by atoms with van der Waals surface area (Å²) in [6.45, 7) is 5.65. The third-order valence-corrected chi connectivity index (χ3v) is 8.91. The van der Waals surface area contributed by atoms with Gasteiger partial charge in [-0.1, -0.05) is 24.5 Å². The zero-order valence-corrected chi connectivity index (χ0v) is 20.7. The Hall–Kier alpha value is -2.04. The number of aromatic nitrogens is 3. The molecule has 182 valence electrons. The maximum absolute atomic E-state index is 13.4. The average Bonchev–Trinajstić information content (AvgIpc) is 3.47. The number of nitrogens with zero attached hydrogens (tertiary/aromatic N) is 5. The third kappa shape index (κ3) is 5.07. The quantitative estimate of drug-likeness (QED) is 0.628. The van der Waals surface area contributed by atoms with Crippen LogP contribution >= 0.6 is 0 Å². The van der Waals surface area contributed by atoms with Gasteiger partial charge >= 0.3 is 0 Å².